The van der Waals surface area contributed by atoms with Gasteiger partial charge in [0.1, 0.15) is 10.8 Å². The van der Waals surface area contributed by atoms with Crippen LogP contribution in [-0.4, -0.2) is 17.5 Å². The van der Waals surface area contributed by atoms with Gasteiger partial charge in [0.2, 0.25) is 0 Å². The molecule has 2 aromatic rings. The Kier molecular flexibility index (Phi) is 5.45. The number of aromatic nitrogens is 1. The number of carbonyl (C=O) groups is 1. The molecule has 0 aliphatic rings. The molecule has 0 radical (unpaired) electrons. The number of thiazole rings is 1. The van der Waals surface area contributed by atoms with E-state index in [2.05, 4.69) is 10.3 Å². The molecule has 1 aromatic heterocycles. The van der Waals surface area contributed by atoms with E-state index in [1.165, 1.54) is 0 Å². The van der Waals surface area contributed by atoms with Gasteiger partial charge in [-0.25, -0.2) is 4.98 Å². The van der Waals surface area contributed by atoms with E-state index in [0.717, 1.165) is 15.6 Å². The average Bonchev–Trinajstić information content (AvgIpc) is 2.74. The van der Waals surface area contributed by atoms with Crippen molar-refractivity contribution in [2.75, 3.05) is 6.61 Å². The molecule has 4 nitrogen and oxygen atoms in total. The van der Waals surface area contributed by atoms with Crippen molar-refractivity contribution in [2.45, 2.75) is 20.4 Å². The third kappa shape index (κ3) is 4.59. The fourth-order valence-corrected chi connectivity index (χ4v) is 2.91. The lowest BCUT2D eigenvalue weighted by Crippen LogP contribution is -2.28. The first-order valence-corrected chi connectivity index (χ1v) is 7.80. The van der Waals surface area contributed by atoms with Crippen LogP contribution in [0.1, 0.15) is 15.6 Å². The second-order valence-corrected chi connectivity index (χ2v) is 6.52. The minimum atomic E-state index is -0.230. The molecule has 1 amide bonds. The number of hydrogen-bond donors (Lipinski definition) is 1. The number of nitrogens with one attached hydrogen (secondary N) is 1. The summed E-state index contributed by atoms with van der Waals surface area (Å²) in [7, 11) is 0. The predicted molar refractivity (Wildman–Crippen MR) is 85.4 cm³/mol. The van der Waals surface area contributed by atoms with Crippen molar-refractivity contribution in [3.63, 3.8) is 0 Å². The maximum absolute atomic E-state index is 11.7. The summed E-state index contributed by atoms with van der Waals surface area (Å²) < 4.78 is 5.35. The number of rotatable bonds is 5. The molecule has 0 unspecified atom stereocenters. The highest BCUT2D eigenvalue weighted by Crippen LogP contribution is 2.27. The van der Waals surface area contributed by atoms with Crippen LogP contribution in [0.25, 0.3) is 0 Å². The van der Waals surface area contributed by atoms with Crippen LogP contribution in [-0.2, 0) is 11.3 Å². The summed E-state index contributed by atoms with van der Waals surface area (Å²) in [5.41, 5.74) is 0.994. The van der Waals surface area contributed by atoms with Crippen LogP contribution in [0.3, 0.4) is 0 Å². The third-order valence-electron chi connectivity index (χ3n) is 2.76. The summed E-state index contributed by atoms with van der Waals surface area (Å²) in [5.74, 6) is 0.198. The van der Waals surface area contributed by atoms with E-state index in [1.54, 1.807) is 29.5 Å². The zero-order chi connectivity index (χ0) is 15.4. The zero-order valence-corrected chi connectivity index (χ0v) is 13.9. The van der Waals surface area contributed by atoms with Crippen LogP contribution in [0.15, 0.2) is 18.2 Å². The van der Waals surface area contributed by atoms with E-state index in [-0.39, 0.29) is 12.5 Å². The van der Waals surface area contributed by atoms with Gasteiger partial charge in [0, 0.05) is 9.90 Å². The van der Waals surface area contributed by atoms with Crippen LogP contribution in [0.4, 0.5) is 0 Å². The lowest BCUT2D eigenvalue weighted by atomic mass is 10.3. The molecule has 2 rings (SSSR count). The maximum Gasteiger partial charge on any atom is 0.258 e. The van der Waals surface area contributed by atoms with E-state index in [9.17, 15) is 4.79 Å². The Morgan fingerprint density at radius 3 is 2.76 bits per heavy atom. The Bertz CT molecular complexity index is 639. The molecule has 1 N–H and O–H groups in total. The Labute approximate surface area is 137 Å². The third-order valence-corrected chi connectivity index (χ3v) is 4.37. The van der Waals surface area contributed by atoms with Crippen LogP contribution >= 0.6 is 34.5 Å². The largest absolute Gasteiger partial charge is 0.482 e. The van der Waals surface area contributed by atoms with Crippen molar-refractivity contribution < 1.29 is 9.53 Å². The van der Waals surface area contributed by atoms with Crippen LogP contribution < -0.4 is 10.1 Å². The number of benzene rings is 1. The van der Waals surface area contributed by atoms with Gasteiger partial charge in [0.25, 0.3) is 5.91 Å². The van der Waals surface area contributed by atoms with E-state index >= 15 is 0 Å². The van der Waals surface area contributed by atoms with Crippen LogP contribution in [0.5, 0.6) is 5.75 Å². The van der Waals surface area contributed by atoms with E-state index in [0.29, 0.717) is 22.3 Å². The molecule has 21 heavy (non-hydrogen) atoms. The summed E-state index contributed by atoms with van der Waals surface area (Å²) in [6.07, 6.45) is 0. The number of aryl methyl sites for hydroxylation is 2. The van der Waals surface area contributed by atoms with Gasteiger partial charge in [-0.05, 0) is 32.0 Å². The second kappa shape index (κ2) is 7.11. The molecule has 0 aliphatic carbocycles. The molecule has 0 bridgehead atoms. The van der Waals surface area contributed by atoms with Gasteiger partial charge in [-0.3, -0.25) is 4.79 Å². The topological polar surface area (TPSA) is 51.2 Å². The highest BCUT2D eigenvalue weighted by atomic mass is 35.5. The smallest absolute Gasteiger partial charge is 0.258 e. The number of halogens is 2. The fraction of sp³-hybridized carbons (Fsp3) is 0.286. The average molecular weight is 345 g/mol. The zero-order valence-electron chi connectivity index (χ0n) is 11.6. The monoisotopic (exact) mass is 344 g/mol. The van der Waals surface area contributed by atoms with Crippen molar-refractivity contribution >= 4 is 40.4 Å². The Hall–Kier alpha value is -1.30. The Morgan fingerprint density at radius 2 is 2.14 bits per heavy atom. The summed E-state index contributed by atoms with van der Waals surface area (Å²) >= 11 is 13.3. The van der Waals surface area contributed by atoms with Crippen LogP contribution in [0, 0.1) is 13.8 Å². The summed E-state index contributed by atoms with van der Waals surface area (Å²) in [6, 6.07) is 4.85. The molecular formula is C14H14Cl2N2O2S. The highest BCUT2D eigenvalue weighted by molar-refractivity contribution is 7.11. The molecule has 0 fully saturated rings. The van der Waals surface area contributed by atoms with Gasteiger partial charge in [-0.2, -0.15) is 0 Å². The lowest BCUT2D eigenvalue weighted by Gasteiger charge is -2.08. The van der Waals surface area contributed by atoms with Gasteiger partial charge in [-0.15, -0.1) is 11.3 Å². The normalized spacial score (nSPS) is 10.5. The van der Waals surface area contributed by atoms with Gasteiger partial charge in [0.05, 0.1) is 17.3 Å². The number of nitrogens with zero attached hydrogens (tertiary/aromatic N) is 1. The molecule has 1 heterocycles. The Balaban J connectivity index is 1.82. The first kappa shape index (κ1) is 16.1. The molecule has 112 valence electrons. The van der Waals surface area contributed by atoms with Gasteiger partial charge in [0.15, 0.2) is 6.61 Å². The standard InChI is InChI=1S/C14H14Cl2N2O2S/c1-8-9(2)21-14(18-8)6-17-13(19)7-20-12-4-3-10(15)5-11(12)16/h3-5H,6-7H2,1-2H3,(H,17,19). The number of carbonyl (C=O) groups excluding carboxylic acids is 1. The molecule has 0 aliphatic heterocycles. The highest BCUT2D eigenvalue weighted by Gasteiger charge is 2.08. The minimum absolute atomic E-state index is 0.106. The van der Waals surface area contributed by atoms with Crippen molar-refractivity contribution in [2.24, 2.45) is 0 Å². The van der Waals surface area contributed by atoms with Gasteiger partial charge in [-0.1, -0.05) is 23.2 Å². The molecule has 0 atom stereocenters. The molecule has 0 spiro atoms. The van der Waals surface area contributed by atoms with Crippen LogP contribution in [0.2, 0.25) is 10.0 Å². The molecule has 7 heteroatoms. The summed E-state index contributed by atoms with van der Waals surface area (Å²) in [4.78, 5) is 17.2. The number of hydrogen-bond acceptors (Lipinski definition) is 4. The maximum atomic E-state index is 11.7. The van der Waals surface area contributed by atoms with E-state index < -0.39 is 0 Å². The first-order valence-electron chi connectivity index (χ1n) is 6.23. The molecular weight excluding hydrogens is 331 g/mol. The van der Waals surface area contributed by atoms with Gasteiger partial charge < -0.3 is 10.1 Å². The van der Waals surface area contributed by atoms with E-state index in [1.807, 2.05) is 13.8 Å². The molecule has 0 saturated heterocycles. The summed E-state index contributed by atoms with van der Waals surface area (Å²) in [5, 5.41) is 4.53. The molecule has 0 saturated carbocycles. The quantitative estimate of drug-likeness (QED) is 0.898. The minimum Gasteiger partial charge on any atom is -0.482 e. The Morgan fingerprint density at radius 1 is 1.38 bits per heavy atom. The predicted octanol–water partition coefficient (Wildman–Crippen LogP) is 3.76. The van der Waals surface area contributed by atoms with Crippen molar-refractivity contribution in [3.05, 3.63) is 43.8 Å². The SMILES string of the molecule is Cc1nc(CNC(=O)COc2ccc(Cl)cc2Cl)sc1C. The summed E-state index contributed by atoms with van der Waals surface area (Å²) in [6.45, 7) is 4.24. The van der Waals surface area contributed by atoms with Crippen molar-refractivity contribution in [1.29, 1.82) is 0 Å². The van der Waals surface area contributed by atoms with E-state index in [4.69, 9.17) is 27.9 Å². The van der Waals surface area contributed by atoms with Gasteiger partial charge >= 0.3 is 0 Å². The van der Waals surface area contributed by atoms with Crippen molar-refractivity contribution in [3.8, 4) is 5.75 Å². The first-order chi connectivity index (χ1) is 9.95. The lowest BCUT2D eigenvalue weighted by molar-refractivity contribution is -0.123. The number of ether oxygens (including phenoxy) is 1. The second-order valence-electron chi connectivity index (χ2n) is 4.39. The fourth-order valence-electron chi connectivity index (χ4n) is 1.58. The molecule has 1 aromatic carbocycles. The number of amides is 1. The van der Waals surface area contributed by atoms with Crippen molar-refractivity contribution in [1.82, 2.24) is 10.3 Å².